The number of hydrogen-bond acceptors (Lipinski definition) is 3. The van der Waals surface area contributed by atoms with Gasteiger partial charge in [-0.05, 0) is 24.3 Å². The van der Waals surface area contributed by atoms with Crippen LogP contribution in [0.5, 0.6) is 5.75 Å². The molecule has 0 spiro atoms. The molecule has 2 N–H and O–H groups in total. The van der Waals surface area contributed by atoms with Gasteiger partial charge in [-0.3, -0.25) is 0 Å². The van der Waals surface area contributed by atoms with Crippen molar-refractivity contribution < 1.29 is 42.0 Å². The van der Waals surface area contributed by atoms with Crippen molar-refractivity contribution in [2.24, 2.45) is 0 Å². The Bertz CT molecular complexity index is 481. The second-order valence-electron chi connectivity index (χ2n) is 5.26. The maximum Gasteiger partial charge on any atom is 0.240 e. The molecule has 0 saturated heterocycles. The van der Waals surface area contributed by atoms with Crippen LogP contribution in [0.2, 0.25) is 0 Å². The van der Waals surface area contributed by atoms with E-state index in [2.05, 4.69) is 25.9 Å². The van der Waals surface area contributed by atoms with Crippen molar-refractivity contribution >= 4 is 10.0 Å². The van der Waals surface area contributed by atoms with Gasteiger partial charge in [0.2, 0.25) is 10.0 Å². The molecule has 0 aliphatic carbocycles. The molecule has 1 rings (SSSR count). The van der Waals surface area contributed by atoms with Gasteiger partial charge < -0.3 is 33.6 Å². The predicted octanol–water partition coefficient (Wildman–Crippen LogP) is -2.23. The van der Waals surface area contributed by atoms with Crippen LogP contribution in [0.15, 0.2) is 29.2 Å². The van der Waals surface area contributed by atoms with Crippen LogP contribution in [0.25, 0.3) is 0 Å². The lowest BCUT2D eigenvalue weighted by atomic mass is 10.3. The highest BCUT2D eigenvalue weighted by Crippen LogP contribution is 2.13. The zero-order valence-corrected chi connectivity index (χ0v) is 14.4. The Morgan fingerprint density at radius 2 is 1.68 bits per heavy atom. The van der Waals surface area contributed by atoms with Crippen LogP contribution in [0.1, 0.15) is 6.42 Å². The summed E-state index contributed by atoms with van der Waals surface area (Å²) in [6, 6.07) is 5.50. The summed E-state index contributed by atoms with van der Waals surface area (Å²) in [6.07, 6.45) is 0.779. The van der Waals surface area contributed by atoms with Crippen LogP contribution in [-0.4, -0.2) is 52.2 Å². The van der Waals surface area contributed by atoms with Gasteiger partial charge in [-0.2, -0.15) is 0 Å². The van der Waals surface area contributed by atoms with E-state index >= 15 is 0 Å². The summed E-state index contributed by atoms with van der Waals surface area (Å²) in [5, 5.41) is 9.11. The van der Waals surface area contributed by atoms with E-state index in [0.717, 1.165) is 17.4 Å². The average molecular weight is 400 g/mol. The summed E-state index contributed by atoms with van der Waals surface area (Å²) in [6.45, 7) is 1.32. The minimum Gasteiger partial charge on any atom is -1.00 e. The average Bonchev–Trinajstić information content (AvgIpc) is 2.24. The number of hydrogen-bond donors (Lipinski definition) is 2. The van der Waals surface area contributed by atoms with E-state index in [4.69, 9.17) is 5.11 Å². The first-order valence-electron chi connectivity index (χ1n) is 5.80. The summed E-state index contributed by atoms with van der Waals surface area (Å²) >= 11 is 0. The Kier molecular flexibility index (Phi) is 7.27. The minimum atomic E-state index is -3.46. The summed E-state index contributed by atoms with van der Waals surface area (Å²) in [4.78, 5) is 0.172. The zero-order chi connectivity index (χ0) is 13.8. The molecule has 0 radical (unpaired) electrons. The Morgan fingerprint density at radius 1 is 1.16 bits per heavy atom. The molecule has 0 atom stereocenters. The van der Waals surface area contributed by atoms with E-state index in [0.29, 0.717) is 6.54 Å². The second kappa shape index (κ2) is 7.41. The number of aromatic hydroxyl groups is 1. The molecule has 0 amide bonds. The summed E-state index contributed by atoms with van der Waals surface area (Å²) in [5.74, 6) is 0.0546. The third kappa shape index (κ3) is 7.09. The van der Waals surface area contributed by atoms with Crippen LogP contribution in [0.4, 0.5) is 0 Å². The van der Waals surface area contributed by atoms with Crippen molar-refractivity contribution in [1.29, 1.82) is 0 Å². The predicted molar refractivity (Wildman–Crippen MR) is 70.8 cm³/mol. The monoisotopic (exact) mass is 400 g/mol. The second-order valence-corrected chi connectivity index (χ2v) is 7.03. The van der Waals surface area contributed by atoms with Crippen LogP contribution >= 0.6 is 0 Å². The largest absolute Gasteiger partial charge is 1.00 e. The molecule has 0 heterocycles. The number of quaternary nitrogens is 1. The fourth-order valence-electron chi connectivity index (χ4n) is 1.47. The number of phenols is 1. The van der Waals surface area contributed by atoms with Gasteiger partial charge in [0.05, 0.1) is 32.6 Å². The highest BCUT2D eigenvalue weighted by Gasteiger charge is 2.14. The third-order valence-corrected chi connectivity index (χ3v) is 3.92. The molecule has 110 valence electrons. The first kappa shape index (κ1) is 18.6. The quantitative estimate of drug-likeness (QED) is 0.323. The molecule has 0 aromatic heterocycles. The van der Waals surface area contributed by atoms with Gasteiger partial charge in [0, 0.05) is 13.0 Å². The van der Waals surface area contributed by atoms with E-state index in [9.17, 15) is 8.42 Å². The minimum absolute atomic E-state index is 0. The fraction of sp³-hybridized carbons (Fsp3) is 0.500. The maximum absolute atomic E-state index is 11.9. The molecular weight excluding hydrogens is 379 g/mol. The normalized spacial score (nSPS) is 11.9. The van der Waals surface area contributed by atoms with Gasteiger partial charge in [-0.15, -0.1) is 0 Å². The summed E-state index contributed by atoms with van der Waals surface area (Å²) < 4.78 is 27.1. The van der Waals surface area contributed by atoms with Gasteiger partial charge in [-0.1, -0.05) is 0 Å². The Morgan fingerprint density at radius 3 is 2.16 bits per heavy atom. The lowest BCUT2D eigenvalue weighted by molar-refractivity contribution is -0.870. The Hall–Kier alpha value is -0.380. The molecule has 0 unspecified atom stereocenters. The van der Waals surface area contributed by atoms with Crippen LogP contribution < -0.4 is 28.7 Å². The highest BCUT2D eigenvalue weighted by molar-refractivity contribution is 7.89. The summed E-state index contributed by atoms with van der Waals surface area (Å²) in [7, 11) is 2.73. The van der Waals surface area contributed by atoms with Gasteiger partial charge in [0.1, 0.15) is 5.75 Å². The van der Waals surface area contributed by atoms with Gasteiger partial charge >= 0.3 is 0 Å². The molecule has 0 aliphatic heterocycles. The van der Waals surface area contributed by atoms with Crippen LogP contribution in [0, 0.1) is 0 Å². The van der Waals surface area contributed by atoms with Crippen molar-refractivity contribution in [2.45, 2.75) is 11.3 Å². The van der Waals surface area contributed by atoms with E-state index in [1.54, 1.807) is 0 Å². The van der Waals surface area contributed by atoms with Gasteiger partial charge in [-0.25, -0.2) is 13.1 Å². The van der Waals surface area contributed by atoms with Crippen molar-refractivity contribution in [3.05, 3.63) is 24.3 Å². The first-order chi connectivity index (χ1) is 8.21. The van der Waals surface area contributed by atoms with Crippen molar-refractivity contribution in [1.82, 2.24) is 4.72 Å². The van der Waals surface area contributed by atoms with Gasteiger partial charge in [0.25, 0.3) is 0 Å². The van der Waals surface area contributed by atoms with Crippen molar-refractivity contribution in [2.75, 3.05) is 34.2 Å². The molecule has 19 heavy (non-hydrogen) atoms. The molecule has 0 bridgehead atoms. The molecule has 5 nitrogen and oxygen atoms in total. The molecular formula is C12H21IN2O3S. The molecule has 0 fully saturated rings. The van der Waals surface area contributed by atoms with E-state index < -0.39 is 10.0 Å². The number of benzene rings is 1. The number of rotatable bonds is 6. The molecule has 0 aliphatic rings. The number of sulfonamides is 1. The van der Waals surface area contributed by atoms with E-state index in [1.165, 1.54) is 24.3 Å². The van der Waals surface area contributed by atoms with Crippen molar-refractivity contribution in [3.63, 3.8) is 0 Å². The van der Waals surface area contributed by atoms with Crippen LogP contribution in [0.3, 0.4) is 0 Å². The molecule has 1 aromatic carbocycles. The number of phenolic OH excluding ortho intramolecular Hbond substituents is 1. The summed E-state index contributed by atoms with van der Waals surface area (Å²) in [5.41, 5.74) is 0. The Labute approximate surface area is 132 Å². The zero-order valence-electron chi connectivity index (χ0n) is 11.4. The van der Waals surface area contributed by atoms with E-state index in [1.807, 2.05) is 0 Å². The number of halogens is 1. The topological polar surface area (TPSA) is 66.4 Å². The highest BCUT2D eigenvalue weighted by atomic mass is 127. The van der Waals surface area contributed by atoms with E-state index in [-0.39, 0.29) is 34.6 Å². The molecule has 0 saturated carbocycles. The smallest absolute Gasteiger partial charge is 0.240 e. The lowest BCUT2D eigenvalue weighted by Crippen LogP contribution is -3.00. The standard InChI is InChI=1S/C12H20N2O3S.HI/c1-14(2,3)10-4-9-13-18(16,17)12-7-5-11(15)6-8-12;/h5-8,13H,4,9-10H2,1-3H3;1H. The lowest BCUT2D eigenvalue weighted by Gasteiger charge is -2.23. The van der Waals surface area contributed by atoms with Crippen molar-refractivity contribution in [3.8, 4) is 5.75 Å². The number of nitrogens with one attached hydrogen (secondary N) is 1. The fourth-order valence-corrected chi connectivity index (χ4v) is 2.54. The molecule has 1 aromatic rings. The van der Waals surface area contributed by atoms with Gasteiger partial charge in [0.15, 0.2) is 0 Å². The van der Waals surface area contributed by atoms with Crippen LogP contribution in [-0.2, 0) is 10.0 Å². The maximum atomic E-state index is 11.9. The third-order valence-electron chi connectivity index (χ3n) is 2.44. The first-order valence-corrected chi connectivity index (χ1v) is 7.28. The number of nitrogens with zero attached hydrogens (tertiary/aromatic N) is 1. The Balaban J connectivity index is 0.00000324. The SMILES string of the molecule is C[N+](C)(C)CCCNS(=O)(=O)c1ccc(O)cc1.[I-]. The molecule has 7 heteroatoms.